The number of hydrogen-bond donors (Lipinski definition) is 1. The van der Waals surface area contributed by atoms with Gasteiger partial charge in [0.1, 0.15) is 0 Å². The van der Waals surface area contributed by atoms with Gasteiger partial charge in [-0.15, -0.1) is 0 Å². The van der Waals surface area contributed by atoms with Crippen LogP contribution in [0.25, 0.3) is 0 Å². The molecule has 3 rings (SSSR count). The third-order valence-electron chi connectivity index (χ3n) is 5.29. The molecule has 7 nitrogen and oxygen atoms in total. The molecule has 1 atom stereocenters. The summed E-state index contributed by atoms with van der Waals surface area (Å²) in [5.74, 6) is -0.456. The first-order chi connectivity index (χ1) is 13.3. The number of nitrogens with zero attached hydrogens (tertiary/aromatic N) is 2. The molecule has 0 radical (unpaired) electrons. The summed E-state index contributed by atoms with van der Waals surface area (Å²) in [5, 5.41) is 3.60. The fourth-order valence-electron chi connectivity index (χ4n) is 3.74. The standard InChI is InChI=1S/C19H26ClN3O4S/c1-2-11-28(26,27)22-9-7-16(8-10-22)21-19(25)14-12-18(24)23(13-14)17-5-3-15(20)4-6-17/h3-6,14,16H,2,7-13H2,1H3,(H,21,25). The minimum absolute atomic E-state index is 0.0553. The first-order valence-electron chi connectivity index (χ1n) is 9.64. The molecule has 2 fully saturated rings. The maximum atomic E-state index is 12.6. The number of halogens is 1. The van der Waals surface area contributed by atoms with Crippen molar-refractivity contribution < 1.29 is 18.0 Å². The topological polar surface area (TPSA) is 86.8 Å². The molecule has 2 aliphatic rings. The van der Waals surface area contributed by atoms with Gasteiger partial charge in [-0.3, -0.25) is 9.59 Å². The Labute approximate surface area is 171 Å². The highest BCUT2D eigenvalue weighted by Crippen LogP contribution is 2.27. The normalized spacial score (nSPS) is 21.9. The summed E-state index contributed by atoms with van der Waals surface area (Å²) in [5.41, 5.74) is 0.735. The number of hydrogen-bond acceptors (Lipinski definition) is 4. The van der Waals surface area contributed by atoms with Gasteiger partial charge in [0.05, 0.1) is 11.7 Å². The molecule has 1 N–H and O–H groups in total. The molecule has 1 aromatic carbocycles. The van der Waals surface area contributed by atoms with Crippen LogP contribution in [0.2, 0.25) is 5.02 Å². The first-order valence-corrected chi connectivity index (χ1v) is 11.6. The molecule has 0 aromatic heterocycles. The highest BCUT2D eigenvalue weighted by molar-refractivity contribution is 7.89. The van der Waals surface area contributed by atoms with Crippen LogP contribution in [0.1, 0.15) is 32.6 Å². The van der Waals surface area contributed by atoms with E-state index in [0.717, 1.165) is 5.69 Å². The quantitative estimate of drug-likeness (QED) is 0.752. The minimum Gasteiger partial charge on any atom is -0.353 e. The molecule has 0 saturated carbocycles. The second-order valence-corrected chi connectivity index (χ2v) is 9.90. The van der Waals surface area contributed by atoms with E-state index in [9.17, 15) is 18.0 Å². The summed E-state index contributed by atoms with van der Waals surface area (Å²) in [6.45, 7) is 3.04. The average Bonchev–Trinajstić information content (AvgIpc) is 3.05. The zero-order chi connectivity index (χ0) is 20.3. The zero-order valence-corrected chi connectivity index (χ0v) is 17.5. The lowest BCUT2D eigenvalue weighted by Crippen LogP contribution is -2.48. The second-order valence-electron chi connectivity index (χ2n) is 7.38. The molecule has 9 heteroatoms. The van der Waals surface area contributed by atoms with E-state index in [1.165, 1.54) is 4.31 Å². The average molecular weight is 428 g/mol. The predicted molar refractivity (Wildman–Crippen MR) is 109 cm³/mol. The molecule has 1 aromatic rings. The van der Waals surface area contributed by atoms with Gasteiger partial charge in [0.25, 0.3) is 0 Å². The number of rotatable bonds is 6. The lowest BCUT2D eigenvalue weighted by atomic mass is 10.0. The Kier molecular flexibility index (Phi) is 6.62. The summed E-state index contributed by atoms with van der Waals surface area (Å²) in [7, 11) is -3.19. The van der Waals surface area contributed by atoms with Crippen LogP contribution in [0.5, 0.6) is 0 Å². The third kappa shape index (κ3) is 4.85. The first kappa shape index (κ1) is 21.1. The molecule has 1 unspecified atom stereocenters. The van der Waals surface area contributed by atoms with Crippen LogP contribution in [0.15, 0.2) is 24.3 Å². The fraction of sp³-hybridized carbons (Fsp3) is 0.579. The number of nitrogens with one attached hydrogen (secondary N) is 1. The summed E-state index contributed by atoms with van der Waals surface area (Å²) in [4.78, 5) is 26.6. The van der Waals surface area contributed by atoms with Crippen molar-refractivity contribution in [3.63, 3.8) is 0 Å². The van der Waals surface area contributed by atoms with E-state index in [-0.39, 0.29) is 30.0 Å². The van der Waals surface area contributed by atoms with Crippen molar-refractivity contribution in [3.05, 3.63) is 29.3 Å². The van der Waals surface area contributed by atoms with Gasteiger partial charge in [-0.1, -0.05) is 18.5 Å². The predicted octanol–water partition coefficient (Wildman–Crippen LogP) is 2.01. The number of piperidine rings is 1. The van der Waals surface area contributed by atoms with E-state index in [0.29, 0.717) is 43.9 Å². The number of amides is 2. The number of carbonyl (C=O) groups is 2. The molecular weight excluding hydrogens is 402 g/mol. The van der Waals surface area contributed by atoms with E-state index in [1.54, 1.807) is 29.2 Å². The number of benzene rings is 1. The molecule has 2 aliphatic heterocycles. The lowest BCUT2D eigenvalue weighted by molar-refractivity contribution is -0.127. The van der Waals surface area contributed by atoms with Crippen molar-refractivity contribution in [3.8, 4) is 0 Å². The Morgan fingerprint density at radius 1 is 1.21 bits per heavy atom. The SMILES string of the molecule is CCCS(=O)(=O)N1CCC(NC(=O)C2CC(=O)N(c3ccc(Cl)cc3)C2)CC1. The monoisotopic (exact) mass is 427 g/mol. The fourth-order valence-corrected chi connectivity index (χ4v) is 5.41. The van der Waals surface area contributed by atoms with Crippen LogP contribution >= 0.6 is 11.6 Å². The molecular formula is C19H26ClN3O4S. The summed E-state index contributed by atoms with van der Waals surface area (Å²) in [6, 6.07) is 6.93. The molecule has 2 heterocycles. The maximum Gasteiger partial charge on any atom is 0.227 e. The summed E-state index contributed by atoms with van der Waals surface area (Å²) >= 11 is 5.89. The van der Waals surface area contributed by atoms with Crippen molar-refractivity contribution in [2.24, 2.45) is 5.92 Å². The Balaban J connectivity index is 1.52. The van der Waals surface area contributed by atoms with Crippen molar-refractivity contribution in [1.29, 1.82) is 0 Å². The van der Waals surface area contributed by atoms with Crippen LogP contribution in [0.4, 0.5) is 5.69 Å². The second kappa shape index (κ2) is 8.80. The van der Waals surface area contributed by atoms with E-state index in [1.807, 2.05) is 6.92 Å². The molecule has 28 heavy (non-hydrogen) atoms. The van der Waals surface area contributed by atoms with E-state index in [2.05, 4.69) is 5.32 Å². The smallest absolute Gasteiger partial charge is 0.227 e. The number of anilines is 1. The van der Waals surface area contributed by atoms with Gasteiger partial charge >= 0.3 is 0 Å². The minimum atomic E-state index is -3.19. The highest BCUT2D eigenvalue weighted by atomic mass is 35.5. The Bertz CT molecular complexity index is 820. The van der Waals surface area contributed by atoms with Crippen molar-refractivity contribution in [2.75, 3.05) is 30.3 Å². The summed E-state index contributed by atoms with van der Waals surface area (Å²) < 4.78 is 25.8. The number of sulfonamides is 1. The van der Waals surface area contributed by atoms with Gasteiger partial charge in [0, 0.05) is 42.8 Å². The van der Waals surface area contributed by atoms with Gasteiger partial charge in [-0.25, -0.2) is 12.7 Å². The Hall–Kier alpha value is -1.64. The van der Waals surface area contributed by atoms with E-state index >= 15 is 0 Å². The molecule has 0 bridgehead atoms. The van der Waals surface area contributed by atoms with Gasteiger partial charge in [0.15, 0.2) is 0 Å². The Morgan fingerprint density at radius 3 is 2.46 bits per heavy atom. The van der Waals surface area contributed by atoms with Crippen LogP contribution in [0, 0.1) is 5.92 Å². The summed E-state index contributed by atoms with van der Waals surface area (Å²) in [6.07, 6.45) is 1.96. The van der Waals surface area contributed by atoms with Crippen LogP contribution in [-0.2, 0) is 19.6 Å². The van der Waals surface area contributed by atoms with E-state index in [4.69, 9.17) is 11.6 Å². The Morgan fingerprint density at radius 2 is 1.86 bits per heavy atom. The number of carbonyl (C=O) groups excluding carboxylic acids is 2. The zero-order valence-electron chi connectivity index (χ0n) is 15.9. The molecule has 0 spiro atoms. The van der Waals surface area contributed by atoms with Crippen LogP contribution < -0.4 is 10.2 Å². The molecule has 2 amide bonds. The third-order valence-corrected chi connectivity index (χ3v) is 7.62. The van der Waals surface area contributed by atoms with E-state index < -0.39 is 15.9 Å². The van der Waals surface area contributed by atoms with Crippen molar-refractivity contribution in [1.82, 2.24) is 9.62 Å². The van der Waals surface area contributed by atoms with Crippen LogP contribution in [0.3, 0.4) is 0 Å². The molecule has 154 valence electrons. The lowest BCUT2D eigenvalue weighted by Gasteiger charge is -2.32. The van der Waals surface area contributed by atoms with Gasteiger partial charge < -0.3 is 10.2 Å². The molecule has 0 aliphatic carbocycles. The van der Waals surface area contributed by atoms with Gasteiger partial charge in [0.2, 0.25) is 21.8 Å². The largest absolute Gasteiger partial charge is 0.353 e. The maximum absolute atomic E-state index is 12.6. The van der Waals surface area contributed by atoms with Crippen LogP contribution in [-0.4, -0.2) is 56.0 Å². The molecule has 2 saturated heterocycles. The highest BCUT2D eigenvalue weighted by Gasteiger charge is 2.36. The van der Waals surface area contributed by atoms with Crippen molar-refractivity contribution in [2.45, 2.75) is 38.6 Å². The van der Waals surface area contributed by atoms with Gasteiger partial charge in [-0.05, 0) is 43.5 Å². The van der Waals surface area contributed by atoms with Gasteiger partial charge in [-0.2, -0.15) is 0 Å². The van der Waals surface area contributed by atoms with Crippen molar-refractivity contribution >= 4 is 39.1 Å².